The van der Waals surface area contributed by atoms with Crippen LogP contribution in [0.15, 0.2) is 36.4 Å². The quantitative estimate of drug-likeness (QED) is 0.599. The Bertz CT molecular complexity index is 774. The second-order valence-corrected chi connectivity index (χ2v) is 4.70. The molecule has 0 N–H and O–H groups in total. The van der Waals surface area contributed by atoms with Crippen molar-refractivity contribution in [1.82, 2.24) is 0 Å². The van der Waals surface area contributed by atoms with Gasteiger partial charge in [0.05, 0.1) is 19.8 Å². The van der Waals surface area contributed by atoms with Gasteiger partial charge in [-0.15, -0.1) is 0 Å². The summed E-state index contributed by atoms with van der Waals surface area (Å²) in [7, 11) is 2.87. The van der Waals surface area contributed by atoms with Crippen LogP contribution in [0.2, 0.25) is 0 Å². The molecule has 0 spiro atoms. The first-order valence-electron chi connectivity index (χ1n) is 6.83. The maximum Gasteiger partial charge on any atom is 0.338 e. The lowest BCUT2D eigenvalue weighted by atomic mass is 10.1. The fourth-order valence-electron chi connectivity index (χ4n) is 1.93. The molecule has 0 bridgehead atoms. The van der Waals surface area contributed by atoms with Gasteiger partial charge in [0.2, 0.25) is 0 Å². The normalized spacial score (nSPS) is 10.2. The molecule has 0 fully saturated rings. The van der Waals surface area contributed by atoms with Crippen molar-refractivity contribution in [1.29, 1.82) is 0 Å². The van der Waals surface area contributed by atoms with E-state index in [9.17, 15) is 18.4 Å². The Morgan fingerprint density at radius 1 is 0.875 bits per heavy atom. The molecule has 0 unspecified atom stereocenters. The van der Waals surface area contributed by atoms with E-state index in [-0.39, 0.29) is 11.1 Å². The molecule has 2 aromatic rings. The molecule has 2 aromatic carbocycles. The monoisotopic (exact) mass is 336 g/mol. The Morgan fingerprint density at radius 2 is 1.54 bits per heavy atom. The van der Waals surface area contributed by atoms with Gasteiger partial charge in [0, 0.05) is 5.56 Å². The highest BCUT2D eigenvalue weighted by molar-refractivity contribution is 5.99. The number of hydrogen-bond donors (Lipinski definition) is 0. The van der Waals surface area contributed by atoms with Crippen molar-refractivity contribution in [3.8, 4) is 11.5 Å². The van der Waals surface area contributed by atoms with Crippen LogP contribution < -0.4 is 9.47 Å². The SMILES string of the molecule is COc1ccc(C(=O)OCC(=O)c2ccc(F)c(F)c2)cc1OC. The molecular weight excluding hydrogens is 322 g/mol. The summed E-state index contributed by atoms with van der Waals surface area (Å²) >= 11 is 0. The Kier molecular flexibility index (Phi) is 5.47. The van der Waals surface area contributed by atoms with Gasteiger partial charge < -0.3 is 14.2 Å². The fourth-order valence-corrected chi connectivity index (χ4v) is 1.93. The summed E-state index contributed by atoms with van der Waals surface area (Å²) < 4.78 is 40.9. The van der Waals surface area contributed by atoms with Crippen LogP contribution in [0.5, 0.6) is 11.5 Å². The first-order chi connectivity index (χ1) is 11.5. The second kappa shape index (κ2) is 7.54. The standard InChI is InChI=1S/C17H14F2O5/c1-22-15-6-4-11(8-16(15)23-2)17(21)24-9-14(20)10-3-5-12(18)13(19)7-10/h3-8H,9H2,1-2H3. The van der Waals surface area contributed by atoms with Crippen LogP contribution in [-0.4, -0.2) is 32.6 Å². The maximum absolute atomic E-state index is 13.1. The van der Waals surface area contributed by atoms with Crippen molar-refractivity contribution >= 4 is 11.8 Å². The Morgan fingerprint density at radius 3 is 2.17 bits per heavy atom. The van der Waals surface area contributed by atoms with E-state index in [4.69, 9.17) is 14.2 Å². The third-order valence-electron chi connectivity index (χ3n) is 3.20. The molecule has 0 radical (unpaired) electrons. The van der Waals surface area contributed by atoms with E-state index in [1.54, 1.807) is 0 Å². The largest absolute Gasteiger partial charge is 0.493 e. The third-order valence-corrected chi connectivity index (χ3v) is 3.20. The molecule has 5 nitrogen and oxygen atoms in total. The minimum atomic E-state index is -1.15. The number of Topliss-reactive ketones (excluding diaryl/α,β-unsaturated/α-hetero) is 1. The number of halogens is 2. The van der Waals surface area contributed by atoms with Gasteiger partial charge in [0.25, 0.3) is 0 Å². The van der Waals surface area contributed by atoms with Crippen molar-refractivity contribution in [3.05, 3.63) is 59.2 Å². The first-order valence-corrected chi connectivity index (χ1v) is 6.83. The highest BCUT2D eigenvalue weighted by Gasteiger charge is 2.15. The van der Waals surface area contributed by atoms with E-state index in [1.165, 1.54) is 32.4 Å². The number of methoxy groups -OCH3 is 2. The zero-order valence-electron chi connectivity index (χ0n) is 13.0. The lowest BCUT2D eigenvalue weighted by Gasteiger charge is -2.09. The Balaban J connectivity index is 2.04. The lowest BCUT2D eigenvalue weighted by Crippen LogP contribution is -2.14. The van der Waals surface area contributed by atoms with Gasteiger partial charge >= 0.3 is 5.97 Å². The van der Waals surface area contributed by atoms with Gasteiger partial charge in [-0.3, -0.25) is 4.79 Å². The topological polar surface area (TPSA) is 61.8 Å². The molecule has 0 aliphatic carbocycles. The summed E-state index contributed by atoms with van der Waals surface area (Å²) in [6, 6.07) is 7.08. The van der Waals surface area contributed by atoms with E-state index < -0.39 is 30.0 Å². The van der Waals surface area contributed by atoms with Gasteiger partial charge in [-0.1, -0.05) is 0 Å². The molecule has 24 heavy (non-hydrogen) atoms. The van der Waals surface area contributed by atoms with Crippen LogP contribution in [0.1, 0.15) is 20.7 Å². The molecule has 0 amide bonds. The van der Waals surface area contributed by atoms with Crippen molar-refractivity contribution in [2.45, 2.75) is 0 Å². The van der Waals surface area contributed by atoms with Gasteiger partial charge in [-0.25, -0.2) is 13.6 Å². The Hall–Kier alpha value is -2.96. The summed E-state index contributed by atoms with van der Waals surface area (Å²) in [5.41, 5.74) is 0.0692. The summed E-state index contributed by atoms with van der Waals surface area (Å²) in [4.78, 5) is 23.8. The van der Waals surface area contributed by atoms with Gasteiger partial charge in [0.1, 0.15) is 0 Å². The van der Waals surface area contributed by atoms with Crippen LogP contribution in [0, 0.1) is 11.6 Å². The molecule has 0 saturated heterocycles. The number of ketones is 1. The molecule has 7 heteroatoms. The lowest BCUT2D eigenvalue weighted by molar-refractivity contribution is 0.0474. The third kappa shape index (κ3) is 3.87. The molecule has 2 rings (SSSR count). The smallest absolute Gasteiger partial charge is 0.338 e. The van der Waals surface area contributed by atoms with E-state index >= 15 is 0 Å². The summed E-state index contributed by atoms with van der Waals surface area (Å²) in [5, 5.41) is 0. The number of rotatable bonds is 6. The van der Waals surface area contributed by atoms with Crippen LogP contribution in [0.4, 0.5) is 8.78 Å². The Labute approximate surface area is 136 Å². The number of esters is 1. The fraction of sp³-hybridized carbons (Fsp3) is 0.176. The van der Waals surface area contributed by atoms with E-state index in [2.05, 4.69) is 0 Å². The predicted octanol–water partition coefficient (Wildman–Crippen LogP) is 3.02. The average Bonchev–Trinajstić information content (AvgIpc) is 2.60. The van der Waals surface area contributed by atoms with Crippen LogP contribution in [0.25, 0.3) is 0 Å². The zero-order chi connectivity index (χ0) is 17.7. The summed E-state index contributed by atoms with van der Waals surface area (Å²) in [5.74, 6) is -2.85. The average molecular weight is 336 g/mol. The minimum Gasteiger partial charge on any atom is -0.493 e. The highest BCUT2D eigenvalue weighted by atomic mass is 19.2. The number of benzene rings is 2. The van der Waals surface area contributed by atoms with Crippen LogP contribution in [-0.2, 0) is 4.74 Å². The molecule has 0 aliphatic heterocycles. The van der Waals surface area contributed by atoms with Crippen molar-refractivity contribution in [3.63, 3.8) is 0 Å². The first kappa shape index (κ1) is 17.4. The van der Waals surface area contributed by atoms with Crippen molar-refractivity contribution in [2.75, 3.05) is 20.8 Å². The van der Waals surface area contributed by atoms with Crippen molar-refractivity contribution in [2.24, 2.45) is 0 Å². The summed E-state index contributed by atoms with van der Waals surface area (Å²) in [6.07, 6.45) is 0. The molecule has 0 aromatic heterocycles. The number of ether oxygens (including phenoxy) is 3. The molecule has 0 aliphatic rings. The van der Waals surface area contributed by atoms with Crippen molar-refractivity contribution < 1.29 is 32.6 Å². The molecular formula is C17H14F2O5. The summed E-state index contributed by atoms with van der Waals surface area (Å²) in [6.45, 7) is -0.599. The highest BCUT2D eigenvalue weighted by Crippen LogP contribution is 2.27. The van der Waals surface area contributed by atoms with E-state index in [0.717, 1.165) is 18.2 Å². The van der Waals surface area contributed by atoms with Gasteiger partial charge in [-0.2, -0.15) is 0 Å². The molecule has 0 heterocycles. The molecule has 0 saturated carbocycles. The second-order valence-electron chi connectivity index (χ2n) is 4.70. The zero-order valence-corrected chi connectivity index (χ0v) is 13.0. The van der Waals surface area contributed by atoms with Crippen LogP contribution in [0.3, 0.4) is 0 Å². The molecule has 126 valence electrons. The minimum absolute atomic E-state index is 0.0889. The van der Waals surface area contributed by atoms with E-state index in [1.807, 2.05) is 0 Å². The molecule has 0 atom stereocenters. The van der Waals surface area contributed by atoms with Crippen LogP contribution >= 0.6 is 0 Å². The number of carbonyl (C=O) groups is 2. The maximum atomic E-state index is 13.1. The van der Waals surface area contributed by atoms with Gasteiger partial charge in [-0.05, 0) is 36.4 Å². The van der Waals surface area contributed by atoms with E-state index in [0.29, 0.717) is 11.5 Å². The predicted molar refractivity (Wildman–Crippen MR) is 80.5 cm³/mol. The van der Waals surface area contributed by atoms with Gasteiger partial charge in [0.15, 0.2) is 35.5 Å². The number of hydrogen-bond acceptors (Lipinski definition) is 5. The number of carbonyl (C=O) groups excluding carboxylic acids is 2.